The lowest BCUT2D eigenvalue weighted by atomic mass is 10.2. The van der Waals surface area contributed by atoms with Gasteiger partial charge >= 0.3 is 0 Å². The van der Waals surface area contributed by atoms with Gasteiger partial charge < -0.3 is 19.3 Å². The topological polar surface area (TPSA) is 47.9 Å². The third kappa shape index (κ3) is 5.10. The Balaban J connectivity index is 1.80. The van der Waals surface area contributed by atoms with Gasteiger partial charge in [-0.15, -0.1) is 0 Å². The Morgan fingerprint density at radius 1 is 1.13 bits per heavy atom. The molecule has 0 spiro atoms. The summed E-state index contributed by atoms with van der Waals surface area (Å²) in [6, 6.07) is 11.7. The van der Waals surface area contributed by atoms with Crippen LogP contribution in [0.5, 0.6) is 11.5 Å². The summed E-state index contributed by atoms with van der Waals surface area (Å²) in [6.07, 6.45) is -0.901. The Morgan fingerprint density at radius 2 is 1.91 bits per heavy atom. The minimum absolute atomic E-state index is 0.0276. The highest BCUT2D eigenvalue weighted by Gasteiger charge is 2.13. The number of hydrogen-bond acceptors (Lipinski definition) is 4. The zero-order valence-electron chi connectivity index (χ0n) is 12.7. The molecule has 1 unspecified atom stereocenters. The smallest absolute Gasteiger partial charge is 0.197 e. The van der Waals surface area contributed by atoms with Crippen LogP contribution in [-0.2, 0) is 11.3 Å². The zero-order valence-corrected chi connectivity index (χ0v) is 13.4. The highest BCUT2D eigenvalue weighted by atomic mass is 35.5. The molecular formula is C17H18ClFO4. The van der Waals surface area contributed by atoms with Crippen LogP contribution in [0.15, 0.2) is 42.5 Å². The summed E-state index contributed by atoms with van der Waals surface area (Å²) in [5.74, 6) is -0.303. The minimum atomic E-state index is -0.901. The van der Waals surface area contributed by atoms with E-state index < -0.39 is 11.9 Å². The molecule has 2 aromatic carbocycles. The van der Waals surface area contributed by atoms with Crippen LogP contribution < -0.4 is 9.47 Å². The van der Waals surface area contributed by atoms with E-state index in [1.807, 2.05) is 18.2 Å². The largest absolute Gasteiger partial charge is 0.493 e. The number of halogens is 2. The summed E-state index contributed by atoms with van der Waals surface area (Å²) in [6.45, 7) is 0.210. The quantitative estimate of drug-likeness (QED) is 0.799. The van der Waals surface area contributed by atoms with Gasteiger partial charge in [0.25, 0.3) is 0 Å². The molecule has 0 amide bonds. The van der Waals surface area contributed by atoms with Gasteiger partial charge in [-0.25, -0.2) is 4.39 Å². The molecule has 1 N–H and O–H groups in total. The maximum atomic E-state index is 13.7. The Morgan fingerprint density at radius 3 is 2.65 bits per heavy atom. The number of rotatable bonds is 8. The summed E-state index contributed by atoms with van der Waals surface area (Å²) >= 11 is 6.01. The van der Waals surface area contributed by atoms with Crippen molar-refractivity contribution in [3.05, 3.63) is 58.9 Å². The lowest BCUT2D eigenvalue weighted by molar-refractivity contribution is 0.00443. The van der Waals surface area contributed by atoms with E-state index in [2.05, 4.69) is 0 Å². The van der Waals surface area contributed by atoms with Crippen molar-refractivity contribution in [2.75, 3.05) is 20.3 Å². The third-order valence-corrected chi connectivity index (χ3v) is 3.47. The molecule has 6 heteroatoms. The molecule has 0 aliphatic heterocycles. The summed E-state index contributed by atoms with van der Waals surface area (Å²) < 4.78 is 29.4. The first-order valence-electron chi connectivity index (χ1n) is 7.06. The molecule has 2 rings (SSSR count). The van der Waals surface area contributed by atoms with Gasteiger partial charge in [-0.2, -0.15) is 0 Å². The number of para-hydroxylation sites is 1. The molecule has 4 nitrogen and oxygen atoms in total. The monoisotopic (exact) mass is 340 g/mol. The molecular weight excluding hydrogens is 323 g/mol. The predicted octanol–water partition coefficient (Wildman–Crippen LogP) is 3.44. The summed E-state index contributed by atoms with van der Waals surface area (Å²) in [5, 5.41) is 10.5. The van der Waals surface area contributed by atoms with Gasteiger partial charge in [0.1, 0.15) is 12.7 Å². The maximum Gasteiger partial charge on any atom is 0.197 e. The molecule has 2 aromatic rings. The van der Waals surface area contributed by atoms with Crippen molar-refractivity contribution < 1.29 is 23.7 Å². The number of aliphatic hydroxyl groups is 1. The molecule has 0 radical (unpaired) electrons. The van der Waals surface area contributed by atoms with Crippen LogP contribution in [0.3, 0.4) is 0 Å². The van der Waals surface area contributed by atoms with Gasteiger partial charge in [0.2, 0.25) is 0 Å². The number of methoxy groups -OCH3 is 1. The molecule has 0 saturated heterocycles. The SMILES string of the molecule is COc1cccc(F)c1OCC(O)COCc1ccccc1Cl. The van der Waals surface area contributed by atoms with Crippen LogP contribution in [0.1, 0.15) is 5.56 Å². The Labute approximate surface area is 139 Å². The van der Waals surface area contributed by atoms with Crippen molar-refractivity contribution in [2.24, 2.45) is 0 Å². The van der Waals surface area contributed by atoms with E-state index in [0.717, 1.165) is 5.56 Å². The van der Waals surface area contributed by atoms with Crippen molar-refractivity contribution in [3.63, 3.8) is 0 Å². The fourth-order valence-electron chi connectivity index (χ4n) is 1.94. The summed E-state index contributed by atoms with van der Waals surface area (Å²) in [4.78, 5) is 0. The summed E-state index contributed by atoms with van der Waals surface area (Å²) in [7, 11) is 1.42. The highest BCUT2D eigenvalue weighted by Crippen LogP contribution is 2.29. The molecule has 0 aliphatic carbocycles. The van der Waals surface area contributed by atoms with E-state index in [4.69, 9.17) is 25.8 Å². The fraction of sp³-hybridized carbons (Fsp3) is 0.294. The van der Waals surface area contributed by atoms with Crippen molar-refractivity contribution in [3.8, 4) is 11.5 Å². The number of aliphatic hydroxyl groups excluding tert-OH is 1. The second-order valence-electron chi connectivity index (χ2n) is 4.84. The molecule has 0 fully saturated rings. The first kappa shape index (κ1) is 17.5. The van der Waals surface area contributed by atoms with Crippen LogP contribution in [-0.4, -0.2) is 31.5 Å². The highest BCUT2D eigenvalue weighted by molar-refractivity contribution is 6.31. The van der Waals surface area contributed by atoms with Crippen molar-refractivity contribution in [1.29, 1.82) is 0 Å². The summed E-state index contributed by atoms with van der Waals surface area (Å²) in [5.41, 5.74) is 0.832. The molecule has 0 aromatic heterocycles. The molecule has 0 bridgehead atoms. The standard InChI is InChI=1S/C17H18ClFO4/c1-21-16-8-4-7-15(19)17(16)23-11-13(20)10-22-9-12-5-2-3-6-14(12)18/h2-8,13,20H,9-11H2,1H3. The van der Waals surface area contributed by atoms with Gasteiger partial charge in [0, 0.05) is 5.02 Å². The second kappa shape index (κ2) is 8.72. The van der Waals surface area contributed by atoms with Gasteiger partial charge in [-0.1, -0.05) is 35.9 Å². The van der Waals surface area contributed by atoms with E-state index in [9.17, 15) is 9.50 Å². The molecule has 0 aliphatic rings. The van der Waals surface area contributed by atoms with E-state index in [0.29, 0.717) is 5.02 Å². The molecule has 124 valence electrons. The van der Waals surface area contributed by atoms with Crippen molar-refractivity contribution in [2.45, 2.75) is 12.7 Å². The van der Waals surface area contributed by atoms with Crippen LogP contribution in [0.25, 0.3) is 0 Å². The fourth-order valence-corrected chi connectivity index (χ4v) is 2.13. The van der Waals surface area contributed by atoms with Crippen LogP contribution in [0.4, 0.5) is 4.39 Å². The van der Waals surface area contributed by atoms with Gasteiger partial charge in [0.05, 0.1) is 20.3 Å². The first-order chi connectivity index (χ1) is 11.1. The Hall–Kier alpha value is -1.82. The van der Waals surface area contributed by atoms with E-state index in [1.54, 1.807) is 12.1 Å². The van der Waals surface area contributed by atoms with Crippen molar-refractivity contribution >= 4 is 11.6 Å². The van der Waals surface area contributed by atoms with Crippen LogP contribution >= 0.6 is 11.6 Å². The number of hydrogen-bond donors (Lipinski definition) is 1. The average Bonchev–Trinajstić information content (AvgIpc) is 2.55. The maximum absolute atomic E-state index is 13.7. The van der Waals surface area contributed by atoms with Gasteiger partial charge in [-0.05, 0) is 23.8 Å². The number of ether oxygens (including phenoxy) is 3. The normalized spacial score (nSPS) is 12.0. The minimum Gasteiger partial charge on any atom is -0.493 e. The van der Waals surface area contributed by atoms with E-state index in [1.165, 1.54) is 19.2 Å². The predicted molar refractivity (Wildman–Crippen MR) is 85.6 cm³/mol. The van der Waals surface area contributed by atoms with Crippen molar-refractivity contribution in [1.82, 2.24) is 0 Å². The molecule has 0 saturated carbocycles. The van der Waals surface area contributed by atoms with E-state index >= 15 is 0 Å². The van der Waals surface area contributed by atoms with Crippen LogP contribution in [0.2, 0.25) is 5.02 Å². The Bertz CT molecular complexity index is 636. The van der Waals surface area contributed by atoms with Gasteiger partial charge in [0.15, 0.2) is 17.3 Å². The second-order valence-corrected chi connectivity index (χ2v) is 5.25. The zero-order chi connectivity index (χ0) is 16.7. The lowest BCUT2D eigenvalue weighted by Gasteiger charge is -2.15. The lowest BCUT2D eigenvalue weighted by Crippen LogP contribution is -2.23. The molecule has 1 atom stereocenters. The average molecular weight is 341 g/mol. The van der Waals surface area contributed by atoms with Gasteiger partial charge in [-0.3, -0.25) is 0 Å². The Kier molecular flexibility index (Phi) is 6.65. The number of benzene rings is 2. The van der Waals surface area contributed by atoms with Crippen LogP contribution in [0, 0.1) is 5.82 Å². The molecule has 0 heterocycles. The first-order valence-corrected chi connectivity index (χ1v) is 7.44. The van der Waals surface area contributed by atoms with E-state index in [-0.39, 0.29) is 31.3 Å². The third-order valence-electron chi connectivity index (χ3n) is 3.10. The molecule has 23 heavy (non-hydrogen) atoms.